The van der Waals surface area contributed by atoms with Gasteiger partial charge in [0.15, 0.2) is 5.82 Å². The van der Waals surface area contributed by atoms with Gasteiger partial charge in [0.05, 0.1) is 18.6 Å². The molecule has 146 valence electrons. The van der Waals surface area contributed by atoms with Crippen LogP contribution in [0.15, 0.2) is 24.3 Å². The van der Waals surface area contributed by atoms with Crippen LogP contribution in [0.5, 0.6) is 11.6 Å². The molecule has 3 heterocycles. The third-order valence-electron chi connectivity index (χ3n) is 5.46. The summed E-state index contributed by atoms with van der Waals surface area (Å²) in [5.74, 6) is 1.74. The Balaban J connectivity index is 1.55. The van der Waals surface area contributed by atoms with Crippen LogP contribution in [0, 0.1) is 5.82 Å². The second-order valence-electron chi connectivity index (χ2n) is 7.43. The largest absolute Gasteiger partial charge is 0.438 e. The molecule has 5 rings (SSSR count). The lowest BCUT2D eigenvalue weighted by Crippen LogP contribution is -3.12. The molecule has 7 heteroatoms. The lowest BCUT2D eigenvalue weighted by atomic mass is 9.97. The summed E-state index contributed by atoms with van der Waals surface area (Å²) in [6.45, 7) is 4.27. The maximum Gasteiger partial charge on any atom is 0.231 e. The Kier molecular flexibility index (Phi) is 4.96. The number of aromatic nitrogens is 2. The number of benzene rings is 1. The molecule has 0 spiro atoms. The second kappa shape index (κ2) is 7.73. The lowest BCUT2D eigenvalue weighted by Gasteiger charge is -2.23. The Morgan fingerprint density at radius 2 is 1.86 bits per heavy atom. The van der Waals surface area contributed by atoms with Gasteiger partial charge >= 0.3 is 0 Å². The van der Waals surface area contributed by atoms with Crippen molar-refractivity contribution in [2.75, 3.05) is 26.3 Å². The van der Waals surface area contributed by atoms with E-state index in [2.05, 4.69) is 0 Å². The van der Waals surface area contributed by atoms with Crippen molar-refractivity contribution in [3.8, 4) is 11.6 Å². The zero-order valence-electron chi connectivity index (χ0n) is 15.7. The van der Waals surface area contributed by atoms with Crippen LogP contribution in [0.3, 0.4) is 0 Å². The number of ether oxygens (including phenoxy) is 2. The lowest BCUT2D eigenvalue weighted by molar-refractivity contribution is -0.922. The predicted octanol–water partition coefficient (Wildman–Crippen LogP) is 2.92. The van der Waals surface area contributed by atoms with E-state index in [0.29, 0.717) is 11.6 Å². The van der Waals surface area contributed by atoms with E-state index in [1.165, 1.54) is 40.3 Å². The van der Waals surface area contributed by atoms with E-state index in [4.69, 9.17) is 19.4 Å². The highest BCUT2D eigenvalue weighted by atomic mass is 32.1. The van der Waals surface area contributed by atoms with Crippen molar-refractivity contribution < 1.29 is 18.8 Å². The first kappa shape index (κ1) is 18.0. The van der Waals surface area contributed by atoms with Gasteiger partial charge in [-0.15, -0.1) is 11.3 Å². The maximum absolute atomic E-state index is 13.3. The highest BCUT2D eigenvalue weighted by Crippen LogP contribution is 2.40. The Bertz CT molecular complexity index is 983. The molecule has 0 bridgehead atoms. The number of halogens is 1. The van der Waals surface area contributed by atoms with Crippen LogP contribution in [-0.2, 0) is 24.1 Å². The maximum atomic E-state index is 13.3. The van der Waals surface area contributed by atoms with Gasteiger partial charge < -0.3 is 14.4 Å². The van der Waals surface area contributed by atoms with E-state index >= 15 is 0 Å². The molecule has 0 atom stereocenters. The topological polar surface area (TPSA) is 48.7 Å². The Morgan fingerprint density at radius 1 is 1.07 bits per heavy atom. The summed E-state index contributed by atoms with van der Waals surface area (Å²) < 4.78 is 24.9. The average Bonchev–Trinajstić information content (AvgIpc) is 3.09. The average molecular weight is 400 g/mol. The van der Waals surface area contributed by atoms with Gasteiger partial charge in [-0.25, -0.2) is 9.37 Å². The van der Waals surface area contributed by atoms with Crippen molar-refractivity contribution in [2.45, 2.75) is 32.2 Å². The highest BCUT2D eigenvalue weighted by molar-refractivity contribution is 7.18. The number of nitrogens with one attached hydrogen (secondary N) is 1. The number of hydrogen-bond acceptors (Lipinski definition) is 5. The summed E-state index contributed by atoms with van der Waals surface area (Å²) in [6, 6.07) is 6.12. The van der Waals surface area contributed by atoms with Crippen LogP contribution < -0.4 is 9.64 Å². The van der Waals surface area contributed by atoms with E-state index in [1.54, 1.807) is 23.5 Å². The molecule has 28 heavy (non-hydrogen) atoms. The van der Waals surface area contributed by atoms with Crippen molar-refractivity contribution >= 4 is 21.6 Å². The van der Waals surface area contributed by atoms with Gasteiger partial charge in [-0.2, -0.15) is 4.98 Å². The minimum absolute atomic E-state index is 0.273. The van der Waals surface area contributed by atoms with Crippen molar-refractivity contribution in [1.29, 1.82) is 0 Å². The smallest absolute Gasteiger partial charge is 0.231 e. The van der Waals surface area contributed by atoms with Crippen LogP contribution in [-0.4, -0.2) is 36.3 Å². The van der Waals surface area contributed by atoms with E-state index in [1.807, 2.05) is 0 Å². The van der Waals surface area contributed by atoms with Crippen molar-refractivity contribution in [3.05, 3.63) is 46.3 Å². The van der Waals surface area contributed by atoms with Crippen LogP contribution in [0.4, 0.5) is 4.39 Å². The number of nitrogens with zero attached hydrogens (tertiary/aromatic N) is 2. The predicted molar refractivity (Wildman–Crippen MR) is 106 cm³/mol. The number of morpholine rings is 1. The van der Waals surface area contributed by atoms with Crippen LogP contribution in [0.25, 0.3) is 10.2 Å². The summed E-state index contributed by atoms with van der Waals surface area (Å²) in [6.07, 6.45) is 4.57. The fourth-order valence-electron chi connectivity index (χ4n) is 3.99. The molecule has 5 nitrogen and oxygen atoms in total. The quantitative estimate of drug-likeness (QED) is 0.732. The van der Waals surface area contributed by atoms with Gasteiger partial charge in [-0.05, 0) is 55.5 Å². The second-order valence-corrected chi connectivity index (χ2v) is 8.51. The van der Waals surface area contributed by atoms with Gasteiger partial charge in [-0.3, -0.25) is 0 Å². The molecule has 1 aromatic carbocycles. The number of thiophene rings is 1. The molecular formula is C21H23FN3O2S+. The van der Waals surface area contributed by atoms with Gasteiger partial charge in [0.1, 0.15) is 36.0 Å². The van der Waals surface area contributed by atoms with E-state index < -0.39 is 0 Å². The summed E-state index contributed by atoms with van der Waals surface area (Å²) in [4.78, 5) is 13.6. The fourth-order valence-corrected chi connectivity index (χ4v) is 5.26. The molecule has 1 aliphatic carbocycles. The summed E-state index contributed by atoms with van der Waals surface area (Å²) in [7, 11) is 0. The number of aryl methyl sites for hydroxylation is 2. The Morgan fingerprint density at radius 3 is 2.68 bits per heavy atom. The van der Waals surface area contributed by atoms with Gasteiger partial charge in [0.25, 0.3) is 0 Å². The van der Waals surface area contributed by atoms with Gasteiger partial charge in [-0.1, -0.05) is 0 Å². The molecule has 0 saturated carbocycles. The standard InChI is InChI=1S/C21H22FN3O2S/c22-14-5-7-15(8-6-14)27-20-19-16-3-1-2-4-17(16)28-21(19)24-18(23-20)13-25-9-11-26-12-10-25/h5-8H,1-4,9-13H2/p+1. The minimum atomic E-state index is -0.273. The molecular weight excluding hydrogens is 377 g/mol. The first-order chi connectivity index (χ1) is 13.8. The minimum Gasteiger partial charge on any atom is -0.438 e. The number of quaternary nitrogens is 1. The number of hydrogen-bond donors (Lipinski definition) is 1. The number of fused-ring (bicyclic) bond motifs is 3. The van der Waals surface area contributed by atoms with E-state index in [0.717, 1.165) is 61.7 Å². The number of rotatable bonds is 4. The molecule has 0 radical (unpaired) electrons. The first-order valence-electron chi connectivity index (χ1n) is 9.92. The third kappa shape index (κ3) is 3.62. The van der Waals surface area contributed by atoms with Crippen LogP contribution in [0.2, 0.25) is 0 Å². The van der Waals surface area contributed by atoms with Crippen molar-refractivity contribution in [2.24, 2.45) is 0 Å². The molecule has 0 unspecified atom stereocenters. The zero-order valence-corrected chi connectivity index (χ0v) is 16.5. The van der Waals surface area contributed by atoms with Crippen LogP contribution in [0.1, 0.15) is 29.1 Å². The summed E-state index contributed by atoms with van der Waals surface area (Å²) in [5, 5.41) is 1.05. The van der Waals surface area contributed by atoms with Crippen molar-refractivity contribution in [1.82, 2.24) is 9.97 Å². The van der Waals surface area contributed by atoms with Crippen molar-refractivity contribution in [3.63, 3.8) is 0 Å². The molecule has 1 N–H and O–H groups in total. The van der Waals surface area contributed by atoms with Crippen LogP contribution >= 0.6 is 11.3 Å². The molecule has 1 aliphatic heterocycles. The van der Waals surface area contributed by atoms with E-state index in [-0.39, 0.29) is 5.82 Å². The molecule has 1 fully saturated rings. The van der Waals surface area contributed by atoms with Gasteiger partial charge in [0.2, 0.25) is 5.88 Å². The summed E-state index contributed by atoms with van der Waals surface area (Å²) >= 11 is 1.78. The molecule has 2 aliphatic rings. The molecule has 1 saturated heterocycles. The SMILES string of the molecule is Fc1ccc(Oc2nc(C[NH+]3CCOCC3)nc3sc4c(c23)CCCC4)cc1. The molecule has 0 amide bonds. The first-order valence-corrected chi connectivity index (χ1v) is 10.7. The summed E-state index contributed by atoms with van der Waals surface area (Å²) in [5.41, 5.74) is 1.34. The fraction of sp³-hybridized carbons (Fsp3) is 0.429. The highest BCUT2D eigenvalue weighted by Gasteiger charge is 2.24. The Labute approximate surface area is 167 Å². The monoisotopic (exact) mass is 400 g/mol. The normalized spacial score (nSPS) is 17.6. The molecule has 3 aromatic rings. The zero-order chi connectivity index (χ0) is 18.9. The Hall–Kier alpha value is -2.09. The third-order valence-corrected chi connectivity index (χ3v) is 6.65. The van der Waals surface area contributed by atoms with Gasteiger partial charge in [0, 0.05) is 4.88 Å². The molecule has 2 aromatic heterocycles. The van der Waals surface area contributed by atoms with E-state index in [9.17, 15) is 4.39 Å².